The second kappa shape index (κ2) is 12.8. The lowest BCUT2D eigenvalue weighted by Crippen LogP contribution is -2.51. The van der Waals surface area contributed by atoms with Gasteiger partial charge in [0, 0.05) is 31.2 Å². The van der Waals surface area contributed by atoms with Crippen LogP contribution in [0.15, 0.2) is 108 Å². The molecule has 1 heterocycles. The van der Waals surface area contributed by atoms with E-state index in [2.05, 4.69) is 58.2 Å². The largest absolute Gasteiger partial charge is 0.484 e. The summed E-state index contributed by atoms with van der Waals surface area (Å²) in [6.45, 7) is 4.41. The lowest BCUT2D eigenvalue weighted by atomic mass is 9.96. The molecule has 4 aromatic rings. The third-order valence-corrected chi connectivity index (χ3v) is 8.99. The highest BCUT2D eigenvalue weighted by molar-refractivity contribution is 7.92. The number of aryl methyl sites for hydroxylation is 1. The zero-order valence-corrected chi connectivity index (χ0v) is 24.3. The standard InChI is InChI=1S/C32H32ClN3O4S/c1-24-12-13-27(22-30(24)33)34-41(38,39)29-16-14-28(15-17-29)40-23-31(37)35-18-20-36(21-19-35)32(25-8-4-2-5-9-25)26-10-6-3-7-11-26/h2-17,22,32,34H,18-21,23H2,1H3. The second-order valence-corrected chi connectivity index (χ2v) is 12.1. The molecule has 0 aromatic heterocycles. The summed E-state index contributed by atoms with van der Waals surface area (Å²) in [5.74, 6) is 0.317. The van der Waals surface area contributed by atoms with Crippen LogP contribution in [0.25, 0.3) is 0 Å². The number of halogens is 1. The zero-order chi connectivity index (χ0) is 28.8. The third-order valence-electron chi connectivity index (χ3n) is 7.18. The number of carbonyl (C=O) groups excluding carboxylic acids is 1. The first kappa shape index (κ1) is 28.7. The molecule has 1 N–H and O–H groups in total. The van der Waals surface area contributed by atoms with Crippen molar-refractivity contribution in [2.45, 2.75) is 17.9 Å². The predicted molar refractivity (Wildman–Crippen MR) is 162 cm³/mol. The average Bonchev–Trinajstić information content (AvgIpc) is 2.99. The first-order valence-corrected chi connectivity index (χ1v) is 15.3. The summed E-state index contributed by atoms with van der Waals surface area (Å²) in [5, 5.41) is 0.479. The monoisotopic (exact) mass is 589 g/mol. The van der Waals surface area contributed by atoms with Gasteiger partial charge in [-0.25, -0.2) is 8.42 Å². The van der Waals surface area contributed by atoms with E-state index in [-0.39, 0.29) is 23.5 Å². The van der Waals surface area contributed by atoms with Gasteiger partial charge in [-0.2, -0.15) is 0 Å². The van der Waals surface area contributed by atoms with Crippen molar-refractivity contribution in [1.29, 1.82) is 0 Å². The molecule has 1 amide bonds. The van der Waals surface area contributed by atoms with Crippen molar-refractivity contribution in [3.8, 4) is 5.75 Å². The summed E-state index contributed by atoms with van der Waals surface area (Å²) in [5.41, 5.74) is 3.69. The first-order chi connectivity index (χ1) is 19.8. The van der Waals surface area contributed by atoms with Gasteiger partial charge in [-0.1, -0.05) is 78.3 Å². The Morgan fingerprint density at radius 2 is 1.44 bits per heavy atom. The highest BCUT2D eigenvalue weighted by atomic mass is 35.5. The molecule has 0 radical (unpaired) electrons. The molecular weight excluding hydrogens is 558 g/mol. The Balaban J connectivity index is 1.15. The fraction of sp³-hybridized carbons (Fsp3) is 0.219. The normalized spacial score (nSPS) is 14.2. The number of nitrogens with one attached hydrogen (secondary N) is 1. The molecule has 0 unspecified atom stereocenters. The van der Waals surface area contributed by atoms with Crippen molar-refractivity contribution in [1.82, 2.24) is 9.80 Å². The molecule has 1 fully saturated rings. The van der Waals surface area contributed by atoms with Gasteiger partial charge in [0.2, 0.25) is 0 Å². The van der Waals surface area contributed by atoms with Crippen LogP contribution < -0.4 is 9.46 Å². The number of nitrogens with zero attached hydrogens (tertiary/aromatic N) is 2. The van der Waals surface area contributed by atoms with Gasteiger partial charge in [0.15, 0.2) is 6.61 Å². The van der Waals surface area contributed by atoms with Crippen LogP contribution in [-0.4, -0.2) is 56.9 Å². The number of piperazine rings is 1. The summed E-state index contributed by atoms with van der Waals surface area (Å²) in [6.07, 6.45) is 0. The number of carbonyl (C=O) groups is 1. The van der Waals surface area contributed by atoms with E-state index in [9.17, 15) is 13.2 Å². The molecule has 1 saturated heterocycles. The van der Waals surface area contributed by atoms with E-state index < -0.39 is 10.0 Å². The van der Waals surface area contributed by atoms with E-state index in [4.69, 9.17) is 16.3 Å². The molecule has 0 atom stereocenters. The van der Waals surface area contributed by atoms with E-state index in [1.54, 1.807) is 30.3 Å². The lowest BCUT2D eigenvalue weighted by Gasteiger charge is -2.39. The van der Waals surface area contributed by atoms with Crippen molar-refractivity contribution in [3.63, 3.8) is 0 Å². The summed E-state index contributed by atoms with van der Waals surface area (Å²) >= 11 is 6.11. The molecule has 9 heteroatoms. The molecule has 0 spiro atoms. The smallest absolute Gasteiger partial charge is 0.261 e. The van der Waals surface area contributed by atoms with E-state index in [1.165, 1.54) is 23.3 Å². The summed E-state index contributed by atoms with van der Waals surface area (Å²) in [4.78, 5) is 17.2. The van der Waals surface area contributed by atoms with Crippen LogP contribution in [0, 0.1) is 6.92 Å². The Morgan fingerprint density at radius 1 is 0.854 bits per heavy atom. The number of hydrogen-bond acceptors (Lipinski definition) is 5. The highest BCUT2D eigenvalue weighted by Gasteiger charge is 2.28. The van der Waals surface area contributed by atoms with Gasteiger partial charge >= 0.3 is 0 Å². The average molecular weight is 590 g/mol. The van der Waals surface area contributed by atoms with Crippen molar-refractivity contribution in [3.05, 3.63) is 125 Å². The van der Waals surface area contributed by atoms with Crippen LogP contribution in [0.3, 0.4) is 0 Å². The number of ether oxygens (including phenoxy) is 1. The molecule has 1 aliphatic rings. The molecule has 0 saturated carbocycles. The maximum absolute atomic E-state index is 12.9. The summed E-state index contributed by atoms with van der Waals surface area (Å²) < 4.78 is 33.8. The summed E-state index contributed by atoms with van der Waals surface area (Å²) in [7, 11) is -3.80. The van der Waals surface area contributed by atoms with Crippen LogP contribution in [0.4, 0.5) is 5.69 Å². The highest BCUT2D eigenvalue weighted by Crippen LogP contribution is 2.29. The molecule has 0 aliphatic carbocycles. The Hall–Kier alpha value is -3.85. The van der Waals surface area contributed by atoms with Crippen molar-refractivity contribution in [2.24, 2.45) is 0 Å². The van der Waals surface area contributed by atoms with Crippen molar-refractivity contribution < 1.29 is 17.9 Å². The van der Waals surface area contributed by atoms with Gasteiger partial charge in [0.25, 0.3) is 15.9 Å². The fourth-order valence-corrected chi connectivity index (χ4v) is 6.17. The Kier molecular flexibility index (Phi) is 8.93. The molecule has 41 heavy (non-hydrogen) atoms. The van der Waals surface area contributed by atoms with Gasteiger partial charge in [-0.15, -0.1) is 0 Å². The second-order valence-electron chi connectivity index (χ2n) is 9.97. The van der Waals surface area contributed by atoms with Gasteiger partial charge in [0.1, 0.15) is 5.75 Å². The Morgan fingerprint density at radius 3 is 2.00 bits per heavy atom. The van der Waals surface area contributed by atoms with E-state index in [0.717, 1.165) is 18.7 Å². The fourth-order valence-electron chi connectivity index (χ4n) is 4.94. The minimum Gasteiger partial charge on any atom is -0.484 e. The lowest BCUT2D eigenvalue weighted by molar-refractivity contribution is -0.135. The van der Waals surface area contributed by atoms with Gasteiger partial charge in [0.05, 0.1) is 16.6 Å². The Bertz CT molecular complexity index is 1540. The van der Waals surface area contributed by atoms with Gasteiger partial charge < -0.3 is 9.64 Å². The van der Waals surface area contributed by atoms with Crippen molar-refractivity contribution in [2.75, 3.05) is 37.5 Å². The molecule has 212 valence electrons. The molecule has 7 nitrogen and oxygen atoms in total. The van der Waals surface area contributed by atoms with E-state index in [1.807, 2.05) is 24.0 Å². The minimum absolute atomic E-state index is 0.0791. The number of anilines is 1. The van der Waals surface area contributed by atoms with Crippen LogP contribution in [0.5, 0.6) is 5.75 Å². The quantitative estimate of drug-likeness (QED) is 0.268. The number of rotatable bonds is 9. The topological polar surface area (TPSA) is 78.9 Å². The van der Waals surface area contributed by atoms with Gasteiger partial charge in [-0.3, -0.25) is 14.4 Å². The number of amides is 1. The summed E-state index contributed by atoms with van der Waals surface area (Å²) in [6, 6.07) is 31.9. The van der Waals surface area contributed by atoms with Crippen LogP contribution in [-0.2, 0) is 14.8 Å². The molecule has 4 aromatic carbocycles. The van der Waals surface area contributed by atoms with Crippen LogP contribution >= 0.6 is 11.6 Å². The minimum atomic E-state index is -3.80. The number of benzene rings is 4. The molecule has 0 bridgehead atoms. The Labute approximate surface area is 246 Å². The van der Waals surface area contributed by atoms with E-state index >= 15 is 0 Å². The molecular formula is C32H32ClN3O4S. The van der Waals surface area contributed by atoms with Crippen LogP contribution in [0.2, 0.25) is 5.02 Å². The SMILES string of the molecule is Cc1ccc(NS(=O)(=O)c2ccc(OCC(=O)N3CCN(C(c4ccccc4)c4ccccc4)CC3)cc2)cc1Cl. The number of hydrogen-bond donors (Lipinski definition) is 1. The van der Waals surface area contributed by atoms with Crippen molar-refractivity contribution >= 4 is 33.2 Å². The number of sulfonamides is 1. The first-order valence-electron chi connectivity index (χ1n) is 13.4. The third kappa shape index (κ3) is 7.08. The molecule has 5 rings (SSSR count). The van der Waals surface area contributed by atoms with E-state index in [0.29, 0.717) is 29.5 Å². The van der Waals surface area contributed by atoms with Crippen LogP contribution in [0.1, 0.15) is 22.7 Å². The molecule has 1 aliphatic heterocycles. The maximum atomic E-state index is 12.9. The maximum Gasteiger partial charge on any atom is 0.261 e. The zero-order valence-electron chi connectivity index (χ0n) is 22.7. The predicted octanol–water partition coefficient (Wildman–Crippen LogP) is 5.76. The van der Waals surface area contributed by atoms with Gasteiger partial charge in [-0.05, 0) is 60.0 Å².